The lowest BCUT2D eigenvalue weighted by Gasteiger charge is -2.51. The van der Waals surface area contributed by atoms with E-state index in [1.54, 1.807) is 0 Å². The summed E-state index contributed by atoms with van der Waals surface area (Å²) in [7, 11) is 0. The minimum Gasteiger partial charge on any atom is -0.334 e. The van der Waals surface area contributed by atoms with Gasteiger partial charge in [-0.15, -0.1) is 11.3 Å². The maximum atomic E-state index is 2.82. The first-order valence-electron chi connectivity index (χ1n) is 27.9. The average molecular weight is 1000 g/mol. The Balaban J connectivity index is 1.13. The number of fused-ring (bicyclic) bond motifs is 14. The predicted molar refractivity (Wildman–Crippen MR) is 327 cm³/mol. The summed E-state index contributed by atoms with van der Waals surface area (Å²) in [6.45, 7) is 19.3. The second-order valence-corrected chi connectivity index (χ2v) is 26.2. The molecule has 0 saturated heterocycles. The molecular weight excluding hydrogens is 938 g/mol. The highest BCUT2D eigenvalue weighted by atomic mass is 32.1. The van der Waals surface area contributed by atoms with Gasteiger partial charge in [0.05, 0.1) is 16.9 Å². The lowest BCUT2D eigenvalue weighted by atomic mass is 9.33. The van der Waals surface area contributed by atoms with E-state index >= 15 is 0 Å². The van der Waals surface area contributed by atoms with Gasteiger partial charge in [-0.25, -0.2) is 0 Å². The smallest absolute Gasteiger partial charge is 0.254 e. The number of thiophene rings is 1. The van der Waals surface area contributed by atoms with Gasteiger partial charge in [0.2, 0.25) is 0 Å². The molecule has 15 rings (SSSR count). The van der Waals surface area contributed by atoms with Gasteiger partial charge in [0.1, 0.15) is 0 Å². The standard InChI is InChI=1S/C71H64BN3S/c1-68(2,3)47-31-34-56(53(40-47)44-21-10-9-11-22-44)73-60-36-33-52-51-26-14-17-30-63(51)76-67(52)66(60)72-55-41-48(69(4,5)6)32-35-58(55)74(59-29-20-24-46-39-45-23-12-13-25-50(45)64(46)59)62-43-49(42-61(73)65(62)72)75-57-28-16-15-27-54(57)70(7)37-18-19-38-71(70,75)8/h9-17,20-36,40-43H,18-19,37-39H2,1-8H3. The van der Waals surface area contributed by atoms with E-state index in [4.69, 9.17) is 0 Å². The number of benzene rings is 9. The van der Waals surface area contributed by atoms with E-state index in [1.807, 2.05) is 11.3 Å². The summed E-state index contributed by atoms with van der Waals surface area (Å²) in [6.07, 6.45) is 5.70. The Kier molecular flexibility index (Phi) is 9.75. The molecule has 3 aliphatic heterocycles. The average Bonchev–Trinajstić information content (AvgIpc) is 4.23. The molecule has 372 valence electrons. The van der Waals surface area contributed by atoms with Crippen molar-refractivity contribution in [3.8, 4) is 22.3 Å². The SMILES string of the molecule is CC(C)(C)c1ccc2c(c1)B1c3c(cc(N4c5ccccc5C5(C)CCCCC45C)cc3N(c3ccc(C(C)(C)C)cc3-c3ccccc3)c3ccc4c(sc5ccccc54)c31)N2c1cccc2c1-c1ccccc1C2. The van der Waals surface area contributed by atoms with E-state index in [2.05, 4.69) is 252 Å². The van der Waals surface area contributed by atoms with Crippen molar-refractivity contribution in [2.24, 2.45) is 0 Å². The molecule has 76 heavy (non-hydrogen) atoms. The zero-order chi connectivity index (χ0) is 51.6. The molecular formula is C71H64BN3S. The van der Waals surface area contributed by atoms with Crippen LogP contribution < -0.4 is 31.1 Å². The van der Waals surface area contributed by atoms with E-state index < -0.39 is 0 Å². The normalized spacial score (nSPS) is 19.1. The quantitative estimate of drug-likeness (QED) is 0.163. The number of para-hydroxylation sites is 1. The van der Waals surface area contributed by atoms with Crippen LogP contribution in [0.25, 0.3) is 42.4 Å². The maximum Gasteiger partial charge on any atom is 0.254 e. The highest BCUT2D eigenvalue weighted by molar-refractivity contribution is 7.28. The Bertz CT molecular complexity index is 4080. The van der Waals surface area contributed by atoms with Crippen molar-refractivity contribution >= 4 is 100 Å². The Morgan fingerprint density at radius 1 is 0.487 bits per heavy atom. The van der Waals surface area contributed by atoms with E-state index in [9.17, 15) is 0 Å². The molecule has 1 fully saturated rings. The second-order valence-electron chi connectivity index (χ2n) is 25.2. The maximum absolute atomic E-state index is 2.82. The van der Waals surface area contributed by atoms with Crippen LogP contribution in [0.4, 0.5) is 45.5 Å². The number of anilines is 8. The van der Waals surface area contributed by atoms with Gasteiger partial charge in [-0.05, 0) is 152 Å². The fourth-order valence-corrected chi connectivity index (χ4v) is 16.1. The Morgan fingerprint density at radius 2 is 1.13 bits per heavy atom. The molecule has 1 saturated carbocycles. The third-order valence-corrected chi connectivity index (χ3v) is 20.1. The summed E-state index contributed by atoms with van der Waals surface area (Å²) in [5.74, 6) is 0. The molecule has 0 bridgehead atoms. The molecule has 2 unspecified atom stereocenters. The number of rotatable bonds is 4. The van der Waals surface area contributed by atoms with Crippen molar-refractivity contribution in [3.63, 3.8) is 0 Å². The zero-order valence-corrected chi connectivity index (χ0v) is 46.0. The Morgan fingerprint density at radius 3 is 1.93 bits per heavy atom. The molecule has 2 atom stereocenters. The molecule has 0 radical (unpaired) electrons. The Hall–Kier alpha value is -7.34. The fraction of sp³-hybridized carbons (Fsp3) is 0.239. The van der Waals surface area contributed by atoms with Crippen molar-refractivity contribution < 1.29 is 0 Å². The van der Waals surface area contributed by atoms with E-state index in [1.165, 1.54) is 151 Å². The summed E-state index contributed by atoms with van der Waals surface area (Å²) in [6, 6.07) is 71.1. The van der Waals surface area contributed by atoms with Crippen LogP contribution in [0.5, 0.6) is 0 Å². The minimum atomic E-state index is -0.147. The largest absolute Gasteiger partial charge is 0.334 e. The first kappa shape index (κ1) is 46.0. The molecule has 0 spiro atoms. The number of nitrogens with zero attached hydrogens (tertiary/aromatic N) is 3. The van der Waals surface area contributed by atoms with E-state index in [-0.39, 0.29) is 28.5 Å². The second kappa shape index (κ2) is 16.1. The van der Waals surface area contributed by atoms with Crippen LogP contribution in [0.2, 0.25) is 0 Å². The van der Waals surface area contributed by atoms with Crippen molar-refractivity contribution in [1.29, 1.82) is 0 Å². The Labute approximate surface area is 453 Å². The summed E-state index contributed by atoms with van der Waals surface area (Å²) in [4.78, 5) is 8.26. The molecule has 10 aromatic rings. The van der Waals surface area contributed by atoms with E-state index in [0.29, 0.717) is 0 Å². The highest BCUT2D eigenvalue weighted by Crippen LogP contribution is 2.62. The van der Waals surface area contributed by atoms with Gasteiger partial charge in [0.25, 0.3) is 6.71 Å². The topological polar surface area (TPSA) is 9.72 Å². The molecule has 9 aromatic carbocycles. The molecule has 2 aliphatic carbocycles. The van der Waals surface area contributed by atoms with Gasteiger partial charge in [0.15, 0.2) is 0 Å². The number of hydrogen-bond acceptors (Lipinski definition) is 4. The van der Waals surface area contributed by atoms with Gasteiger partial charge in [-0.3, -0.25) is 0 Å². The van der Waals surface area contributed by atoms with Gasteiger partial charge in [0, 0.05) is 65.5 Å². The lowest BCUT2D eigenvalue weighted by molar-refractivity contribution is 0.195. The van der Waals surface area contributed by atoms with Gasteiger partial charge >= 0.3 is 0 Å². The fourth-order valence-electron chi connectivity index (χ4n) is 14.9. The molecule has 4 heterocycles. The molecule has 5 aliphatic rings. The summed E-state index contributed by atoms with van der Waals surface area (Å²) >= 11 is 1.97. The monoisotopic (exact) mass is 1000 g/mol. The minimum absolute atomic E-state index is 0.0144. The number of hydrogen-bond donors (Lipinski definition) is 0. The van der Waals surface area contributed by atoms with Crippen molar-refractivity contribution in [2.75, 3.05) is 14.7 Å². The van der Waals surface area contributed by atoms with Crippen LogP contribution in [-0.2, 0) is 22.7 Å². The summed E-state index contributed by atoms with van der Waals surface area (Å²) in [5.41, 5.74) is 26.0. The van der Waals surface area contributed by atoms with Crippen LogP contribution >= 0.6 is 11.3 Å². The summed E-state index contributed by atoms with van der Waals surface area (Å²) < 4.78 is 2.70. The summed E-state index contributed by atoms with van der Waals surface area (Å²) in [5, 5.41) is 2.66. The van der Waals surface area contributed by atoms with Crippen LogP contribution in [0.1, 0.15) is 109 Å². The van der Waals surface area contributed by atoms with Crippen LogP contribution in [0, 0.1) is 0 Å². The lowest BCUT2D eigenvalue weighted by Crippen LogP contribution is -2.62. The first-order chi connectivity index (χ1) is 36.7. The third-order valence-electron chi connectivity index (χ3n) is 18.9. The predicted octanol–water partition coefficient (Wildman–Crippen LogP) is 17.7. The third kappa shape index (κ3) is 6.36. The molecule has 3 nitrogen and oxygen atoms in total. The first-order valence-corrected chi connectivity index (χ1v) is 28.7. The van der Waals surface area contributed by atoms with Gasteiger partial charge in [-0.2, -0.15) is 0 Å². The van der Waals surface area contributed by atoms with Gasteiger partial charge in [-0.1, -0.05) is 189 Å². The zero-order valence-electron chi connectivity index (χ0n) is 45.2. The highest BCUT2D eigenvalue weighted by Gasteiger charge is 2.58. The van der Waals surface area contributed by atoms with Gasteiger partial charge < -0.3 is 14.7 Å². The molecule has 0 amide bonds. The van der Waals surface area contributed by atoms with Crippen molar-refractivity contribution in [3.05, 3.63) is 210 Å². The molecule has 1 aromatic heterocycles. The van der Waals surface area contributed by atoms with Crippen molar-refractivity contribution in [2.45, 2.75) is 109 Å². The van der Waals surface area contributed by atoms with Crippen molar-refractivity contribution in [1.82, 2.24) is 0 Å². The van der Waals surface area contributed by atoms with Crippen LogP contribution in [0.15, 0.2) is 182 Å². The molecule has 0 N–H and O–H groups in total. The van der Waals surface area contributed by atoms with E-state index in [0.717, 1.165) is 12.8 Å². The molecule has 5 heteroatoms. The van der Waals surface area contributed by atoms with Crippen LogP contribution in [0.3, 0.4) is 0 Å². The van der Waals surface area contributed by atoms with Crippen LogP contribution in [-0.4, -0.2) is 12.3 Å².